The van der Waals surface area contributed by atoms with Crippen LogP contribution in [0.1, 0.15) is 25.1 Å². The minimum absolute atomic E-state index is 0. The third-order valence-corrected chi connectivity index (χ3v) is 4.51. The zero-order valence-electron chi connectivity index (χ0n) is 12.1. The molecule has 0 saturated heterocycles. The average molecular weight is 397 g/mol. The van der Waals surface area contributed by atoms with E-state index in [0.29, 0.717) is 11.7 Å². The van der Waals surface area contributed by atoms with Crippen molar-refractivity contribution in [2.45, 2.75) is 24.8 Å². The molecule has 1 aliphatic carbocycles. The minimum atomic E-state index is -0.415. The van der Waals surface area contributed by atoms with E-state index in [0.717, 1.165) is 35.0 Å². The molecule has 0 bridgehead atoms. The summed E-state index contributed by atoms with van der Waals surface area (Å²) in [6.07, 6.45) is 6.50. The first kappa shape index (κ1) is 16.2. The maximum atomic E-state index is 6.22. The molecule has 1 fully saturated rings. The largest absolute Gasteiger partial charge is 0.334 e. The molecule has 120 valence electrons. The lowest BCUT2D eigenvalue weighted by Gasteiger charge is -2.34. The molecular formula is C15H15BrClN5O. The fourth-order valence-electron chi connectivity index (χ4n) is 2.52. The lowest BCUT2D eigenvalue weighted by Crippen LogP contribution is -2.44. The van der Waals surface area contributed by atoms with E-state index in [1.807, 2.05) is 30.5 Å². The van der Waals surface area contributed by atoms with Crippen molar-refractivity contribution in [1.29, 1.82) is 0 Å². The number of halogens is 2. The highest BCUT2D eigenvalue weighted by atomic mass is 79.9. The number of hydrogen-bond acceptors (Lipinski definition) is 5. The summed E-state index contributed by atoms with van der Waals surface area (Å²) in [6, 6.07) is 7.89. The molecule has 23 heavy (non-hydrogen) atoms. The van der Waals surface area contributed by atoms with E-state index in [1.54, 1.807) is 10.9 Å². The van der Waals surface area contributed by atoms with Crippen molar-refractivity contribution in [1.82, 2.24) is 19.9 Å². The zero-order valence-corrected chi connectivity index (χ0v) is 14.5. The average Bonchev–Trinajstić information content (AvgIpc) is 3.14. The van der Waals surface area contributed by atoms with Gasteiger partial charge in [0.1, 0.15) is 0 Å². The molecule has 0 spiro atoms. The second-order valence-electron chi connectivity index (χ2n) is 5.59. The Balaban J connectivity index is 0.00000156. The molecular weight excluding hydrogens is 382 g/mol. The third kappa shape index (κ3) is 2.91. The Kier molecular flexibility index (Phi) is 4.27. The second-order valence-corrected chi connectivity index (χ2v) is 6.50. The molecule has 6 nitrogen and oxygen atoms in total. The first-order chi connectivity index (χ1) is 10.6. The van der Waals surface area contributed by atoms with Crippen molar-refractivity contribution in [3.8, 4) is 17.1 Å². The van der Waals surface area contributed by atoms with Crippen LogP contribution in [0.5, 0.6) is 0 Å². The number of hydrogen-bond donors (Lipinski definition) is 1. The summed E-state index contributed by atoms with van der Waals surface area (Å²) in [7, 11) is 0. The maximum absolute atomic E-state index is 6.22. The molecule has 0 aliphatic heterocycles. The first-order valence-corrected chi connectivity index (χ1v) is 7.87. The van der Waals surface area contributed by atoms with Crippen molar-refractivity contribution in [3.63, 3.8) is 0 Å². The molecule has 2 heterocycles. The van der Waals surface area contributed by atoms with E-state index in [9.17, 15) is 0 Å². The van der Waals surface area contributed by atoms with Crippen molar-refractivity contribution >= 4 is 28.3 Å². The maximum Gasteiger partial charge on any atom is 0.261 e. The summed E-state index contributed by atoms with van der Waals surface area (Å²) in [5.41, 5.74) is 7.54. The Bertz CT molecular complexity index is 827. The van der Waals surface area contributed by atoms with Crippen LogP contribution in [-0.4, -0.2) is 19.9 Å². The zero-order chi connectivity index (χ0) is 15.2. The Morgan fingerprint density at radius 1 is 1.30 bits per heavy atom. The molecule has 0 atom stereocenters. The van der Waals surface area contributed by atoms with Crippen LogP contribution in [0.25, 0.3) is 17.1 Å². The molecule has 1 aromatic carbocycles. The van der Waals surface area contributed by atoms with Crippen molar-refractivity contribution in [3.05, 3.63) is 47.0 Å². The Morgan fingerprint density at radius 2 is 2.13 bits per heavy atom. The fraction of sp³-hybridized carbons (Fsp3) is 0.267. The number of nitrogens with zero attached hydrogens (tertiary/aromatic N) is 4. The van der Waals surface area contributed by atoms with Gasteiger partial charge in [-0.1, -0.05) is 27.2 Å². The highest BCUT2D eigenvalue weighted by Crippen LogP contribution is 2.37. The monoisotopic (exact) mass is 395 g/mol. The van der Waals surface area contributed by atoms with Crippen LogP contribution >= 0.6 is 28.3 Å². The van der Waals surface area contributed by atoms with Gasteiger partial charge < -0.3 is 10.3 Å². The standard InChI is InChI=1S/C15H14BrN5O.ClH/c16-11-3-1-4-12(7-11)21-9-10(8-18-21)13-19-14(20-22-13)15(17)5-2-6-15;/h1,3-4,7-9H,2,5-6,17H2;1H. The Labute approximate surface area is 147 Å². The van der Waals surface area contributed by atoms with Gasteiger partial charge in [0.05, 0.1) is 23.0 Å². The highest BCUT2D eigenvalue weighted by molar-refractivity contribution is 9.10. The minimum Gasteiger partial charge on any atom is -0.334 e. The smallest absolute Gasteiger partial charge is 0.261 e. The molecule has 0 radical (unpaired) electrons. The van der Waals surface area contributed by atoms with Crippen LogP contribution in [0.4, 0.5) is 0 Å². The van der Waals surface area contributed by atoms with Gasteiger partial charge in [0.25, 0.3) is 5.89 Å². The first-order valence-electron chi connectivity index (χ1n) is 7.08. The Morgan fingerprint density at radius 3 is 2.83 bits per heavy atom. The van der Waals surface area contributed by atoms with Crippen LogP contribution in [0.2, 0.25) is 0 Å². The number of benzene rings is 1. The predicted molar refractivity (Wildman–Crippen MR) is 91.5 cm³/mol. The molecule has 2 N–H and O–H groups in total. The summed E-state index contributed by atoms with van der Waals surface area (Å²) in [5.74, 6) is 1.04. The van der Waals surface area contributed by atoms with E-state index >= 15 is 0 Å². The van der Waals surface area contributed by atoms with Gasteiger partial charge in [-0.25, -0.2) is 4.68 Å². The normalized spacial score (nSPS) is 15.7. The van der Waals surface area contributed by atoms with Crippen LogP contribution in [0.3, 0.4) is 0 Å². The highest BCUT2D eigenvalue weighted by Gasteiger charge is 2.39. The molecule has 3 aromatic rings. The lowest BCUT2D eigenvalue weighted by molar-refractivity contribution is 0.229. The van der Waals surface area contributed by atoms with Crippen LogP contribution < -0.4 is 5.73 Å². The topological polar surface area (TPSA) is 82.8 Å². The third-order valence-electron chi connectivity index (χ3n) is 4.02. The van der Waals surface area contributed by atoms with E-state index in [1.165, 1.54) is 0 Å². The summed E-state index contributed by atoms with van der Waals surface area (Å²) in [5, 5.41) is 8.37. The quantitative estimate of drug-likeness (QED) is 0.733. The van der Waals surface area contributed by atoms with Gasteiger partial charge >= 0.3 is 0 Å². The molecule has 0 amide bonds. The van der Waals surface area contributed by atoms with E-state index in [-0.39, 0.29) is 12.4 Å². The van der Waals surface area contributed by atoms with E-state index in [2.05, 4.69) is 31.2 Å². The van der Waals surface area contributed by atoms with Crippen molar-refractivity contribution < 1.29 is 4.52 Å². The predicted octanol–water partition coefficient (Wildman–Crippen LogP) is 3.44. The van der Waals surface area contributed by atoms with E-state index in [4.69, 9.17) is 10.3 Å². The van der Waals surface area contributed by atoms with Crippen molar-refractivity contribution in [2.75, 3.05) is 0 Å². The summed E-state index contributed by atoms with van der Waals surface area (Å²) in [4.78, 5) is 4.43. The van der Waals surface area contributed by atoms with Crippen LogP contribution in [0, 0.1) is 0 Å². The van der Waals surface area contributed by atoms with Gasteiger partial charge in [-0.2, -0.15) is 10.1 Å². The second kappa shape index (κ2) is 6.07. The van der Waals surface area contributed by atoms with Gasteiger partial charge in [0.2, 0.25) is 0 Å². The summed E-state index contributed by atoms with van der Waals surface area (Å²) in [6.45, 7) is 0. The van der Waals surface area contributed by atoms with E-state index < -0.39 is 5.54 Å². The van der Waals surface area contributed by atoms with Crippen LogP contribution in [0.15, 0.2) is 45.7 Å². The molecule has 1 saturated carbocycles. The summed E-state index contributed by atoms with van der Waals surface area (Å²) < 4.78 is 8.11. The number of nitrogens with two attached hydrogens (primary N) is 1. The molecule has 2 aromatic heterocycles. The SMILES string of the molecule is Cl.NC1(c2noc(-c3cnn(-c4cccc(Br)c4)c3)n2)CCC1. The molecule has 4 rings (SSSR count). The lowest BCUT2D eigenvalue weighted by atomic mass is 9.77. The van der Waals surface area contributed by atoms with Gasteiger partial charge in [0, 0.05) is 10.7 Å². The van der Waals surface area contributed by atoms with Gasteiger partial charge in [-0.15, -0.1) is 12.4 Å². The summed E-state index contributed by atoms with van der Waals surface area (Å²) >= 11 is 3.45. The number of aromatic nitrogens is 4. The molecule has 0 unspecified atom stereocenters. The fourth-order valence-corrected chi connectivity index (χ4v) is 2.90. The molecule has 8 heteroatoms. The van der Waals surface area contributed by atoms with Gasteiger partial charge in [-0.05, 0) is 37.5 Å². The van der Waals surface area contributed by atoms with Crippen molar-refractivity contribution in [2.24, 2.45) is 5.73 Å². The Hall–Kier alpha value is -1.70. The number of rotatable bonds is 3. The van der Waals surface area contributed by atoms with Crippen LogP contribution in [-0.2, 0) is 5.54 Å². The molecule has 1 aliphatic rings. The van der Waals surface area contributed by atoms with Gasteiger partial charge in [-0.3, -0.25) is 0 Å². The van der Waals surface area contributed by atoms with Gasteiger partial charge in [0.15, 0.2) is 5.82 Å².